The van der Waals surface area contributed by atoms with Crippen molar-refractivity contribution >= 4 is 49.7 Å². The molecule has 1 fully saturated rings. The molecule has 0 radical (unpaired) electrons. The van der Waals surface area contributed by atoms with Gasteiger partial charge in [0.05, 0.1) is 34.0 Å². The zero-order valence-electron chi connectivity index (χ0n) is 15.5. The molecule has 7 heteroatoms. The third-order valence-corrected chi connectivity index (χ3v) is 6.10. The second kappa shape index (κ2) is 6.92. The number of carbonyl (C=O) groups excluding carboxylic acids is 1. The highest BCUT2D eigenvalue weighted by Gasteiger charge is 2.21. The average Bonchev–Trinajstić information content (AvgIpc) is 3.31. The van der Waals surface area contributed by atoms with E-state index < -0.39 is 0 Å². The second-order valence-corrected chi connectivity index (χ2v) is 8.02. The van der Waals surface area contributed by atoms with Gasteiger partial charge in [0.15, 0.2) is 0 Å². The fourth-order valence-corrected chi connectivity index (χ4v) is 4.63. The van der Waals surface area contributed by atoms with E-state index in [0.29, 0.717) is 26.3 Å². The molecule has 5 rings (SSSR count). The number of amides is 1. The van der Waals surface area contributed by atoms with Crippen molar-refractivity contribution in [1.82, 2.24) is 14.9 Å². The number of aromatic amines is 1. The van der Waals surface area contributed by atoms with Crippen molar-refractivity contribution in [1.29, 1.82) is 0 Å². The number of pyridine rings is 1. The summed E-state index contributed by atoms with van der Waals surface area (Å²) in [7, 11) is 0. The van der Waals surface area contributed by atoms with Gasteiger partial charge in [0, 0.05) is 41.6 Å². The third-order valence-electron chi connectivity index (χ3n) is 4.96. The van der Waals surface area contributed by atoms with Gasteiger partial charge in [-0.25, -0.2) is 0 Å². The van der Waals surface area contributed by atoms with Gasteiger partial charge in [-0.05, 0) is 43.3 Å². The number of ether oxygens (including phenoxy) is 1. The Balaban J connectivity index is 1.47. The Labute approximate surface area is 166 Å². The SMILES string of the molecule is Cc1cc2cc(Nc3ccnc4cc(C(=O)N5CCOCC5)sc34)ccc2[nH]1. The number of fused-ring (bicyclic) bond motifs is 2. The number of hydrogen-bond acceptors (Lipinski definition) is 5. The summed E-state index contributed by atoms with van der Waals surface area (Å²) in [5.74, 6) is 0.0569. The Hall–Kier alpha value is -2.90. The molecule has 1 aliphatic heterocycles. The van der Waals surface area contributed by atoms with Crippen molar-refractivity contribution in [3.8, 4) is 0 Å². The summed E-state index contributed by atoms with van der Waals surface area (Å²) in [4.78, 5) is 23.2. The molecule has 1 aliphatic rings. The van der Waals surface area contributed by atoms with Crippen molar-refractivity contribution < 1.29 is 9.53 Å². The van der Waals surface area contributed by atoms with Gasteiger partial charge < -0.3 is 19.9 Å². The van der Waals surface area contributed by atoms with E-state index in [1.54, 1.807) is 6.20 Å². The van der Waals surface area contributed by atoms with E-state index in [1.807, 2.05) is 17.0 Å². The number of anilines is 2. The van der Waals surface area contributed by atoms with Gasteiger partial charge in [0.2, 0.25) is 0 Å². The van der Waals surface area contributed by atoms with Gasteiger partial charge in [0.25, 0.3) is 5.91 Å². The molecule has 2 N–H and O–H groups in total. The number of hydrogen-bond donors (Lipinski definition) is 2. The molecule has 0 atom stereocenters. The zero-order valence-corrected chi connectivity index (χ0v) is 16.3. The summed E-state index contributed by atoms with van der Waals surface area (Å²) in [6.45, 7) is 4.53. The Kier molecular flexibility index (Phi) is 4.26. The number of carbonyl (C=O) groups is 1. The summed E-state index contributed by atoms with van der Waals surface area (Å²) in [6.07, 6.45) is 1.78. The molecule has 1 amide bonds. The van der Waals surface area contributed by atoms with Crippen molar-refractivity contribution in [3.05, 3.63) is 53.2 Å². The summed E-state index contributed by atoms with van der Waals surface area (Å²) in [5, 5.41) is 4.66. The molecule has 3 aromatic heterocycles. The normalized spacial score (nSPS) is 14.7. The number of benzene rings is 1. The van der Waals surface area contributed by atoms with E-state index in [9.17, 15) is 4.79 Å². The largest absolute Gasteiger partial charge is 0.378 e. The molecule has 0 spiro atoms. The van der Waals surface area contributed by atoms with E-state index in [-0.39, 0.29) is 5.91 Å². The van der Waals surface area contributed by atoms with Crippen LogP contribution in [0.1, 0.15) is 15.4 Å². The smallest absolute Gasteiger partial charge is 0.264 e. The molecular weight excluding hydrogens is 372 g/mol. The molecular formula is C21H20N4O2S. The Morgan fingerprint density at radius 2 is 2.07 bits per heavy atom. The first-order valence-electron chi connectivity index (χ1n) is 9.29. The number of rotatable bonds is 3. The summed E-state index contributed by atoms with van der Waals surface area (Å²) >= 11 is 1.49. The van der Waals surface area contributed by atoms with Crippen LogP contribution in [0.2, 0.25) is 0 Å². The van der Waals surface area contributed by atoms with Gasteiger partial charge in [-0.15, -0.1) is 11.3 Å². The lowest BCUT2D eigenvalue weighted by molar-refractivity contribution is 0.0306. The maximum Gasteiger partial charge on any atom is 0.264 e. The number of aromatic nitrogens is 2. The minimum absolute atomic E-state index is 0.0569. The highest BCUT2D eigenvalue weighted by atomic mass is 32.1. The number of H-pyrrole nitrogens is 1. The Morgan fingerprint density at radius 3 is 2.93 bits per heavy atom. The fraction of sp³-hybridized carbons (Fsp3) is 0.238. The summed E-state index contributed by atoms with van der Waals surface area (Å²) < 4.78 is 6.34. The number of nitrogens with one attached hydrogen (secondary N) is 2. The predicted molar refractivity (Wildman–Crippen MR) is 113 cm³/mol. The van der Waals surface area contributed by atoms with Crippen molar-refractivity contribution in [3.63, 3.8) is 0 Å². The van der Waals surface area contributed by atoms with Crippen LogP contribution in [0.5, 0.6) is 0 Å². The summed E-state index contributed by atoms with van der Waals surface area (Å²) in [5.41, 5.74) is 5.07. The second-order valence-electron chi connectivity index (χ2n) is 6.97. The first kappa shape index (κ1) is 17.2. The molecule has 6 nitrogen and oxygen atoms in total. The standard InChI is InChI=1S/C21H20N4O2S/c1-13-10-14-11-15(2-3-16(14)23-13)24-17-4-5-22-18-12-19(28-20(17)18)21(26)25-6-8-27-9-7-25/h2-5,10-12,23H,6-9H2,1H3,(H,22,24). The lowest BCUT2D eigenvalue weighted by atomic mass is 10.2. The van der Waals surface area contributed by atoms with E-state index in [0.717, 1.165) is 37.7 Å². The molecule has 0 unspecified atom stereocenters. The van der Waals surface area contributed by atoms with Crippen LogP contribution in [0.25, 0.3) is 21.1 Å². The molecule has 4 heterocycles. The van der Waals surface area contributed by atoms with Gasteiger partial charge in [0.1, 0.15) is 0 Å². The Bertz CT molecular complexity index is 1170. The molecule has 1 saturated heterocycles. The lowest BCUT2D eigenvalue weighted by Gasteiger charge is -2.26. The first-order valence-corrected chi connectivity index (χ1v) is 10.1. The van der Waals surface area contributed by atoms with Crippen molar-refractivity contribution in [2.75, 3.05) is 31.6 Å². The monoisotopic (exact) mass is 392 g/mol. The minimum Gasteiger partial charge on any atom is -0.378 e. The lowest BCUT2D eigenvalue weighted by Crippen LogP contribution is -2.40. The van der Waals surface area contributed by atoms with Crippen LogP contribution in [0.15, 0.2) is 42.6 Å². The number of nitrogens with zero attached hydrogens (tertiary/aromatic N) is 2. The minimum atomic E-state index is 0.0569. The van der Waals surface area contributed by atoms with Crippen LogP contribution in [0.4, 0.5) is 11.4 Å². The number of aryl methyl sites for hydroxylation is 1. The van der Waals surface area contributed by atoms with Crippen LogP contribution in [-0.2, 0) is 4.74 Å². The molecule has 28 heavy (non-hydrogen) atoms. The maximum atomic E-state index is 12.8. The molecule has 0 saturated carbocycles. The predicted octanol–water partition coefficient (Wildman–Crippen LogP) is 4.30. The van der Waals surface area contributed by atoms with E-state index in [1.165, 1.54) is 16.7 Å². The highest BCUT2D eigenvalue weighted by Crippen LogP contribution is 2.33. The van der Waals surface area contributed by atoms with Gasteiger partial charge in [-0.3, -0.25) is 9.78 Å². The number of morpholine rings is 1. The van der Waals surface area contributed by atoms with Crippen molar-refractivity contribution in [2.45, 2.75) is 6.92 Å². The van der Waals surface area contributed by atoms with Gasteiger partial charge in [-0.2, -0.15) is 0 Å². The van der Waals surface area contributed by atoms with Crippen LogP contribution < -0.4 is 5.32 Å². The van der Waals surface area contributed by atoms with E-state index in [4.69, 9.17) is 4.74 Å². The molecule has 0 aliphatic carbocycles. The van der Waals surface area contributed by atoms with Gasteiger partial charge in [-0.1, -0.05) is 0 Å². The number of thiophene rings is 1. The first-order chi connectivity index (χ1) is 13.7. The zero-order chi connectivity index (χ0) is 19.1. The maximum absolute atomic E-state index is 12.8. The van der Waals surface area contributed by atoms with Crippen LogP contribution in [0.3, 0.4) is 0 Å². The van der Waals surface area contributed by atoms with E-state index in [2.05, 4.69) is 46.5 Å². The summed E-state index contributed by atoms with van der Waals surface area (Å²) in [6, 6.07) is 12.2. The van der Waals surface area contributed by atoms with Crippen molar-refractivity contribution in [2.24, 2.45) is 0 Å². The van der Waals surface area contributed by atoms with Crippen LogP contribution >= 0.6 is 11.3 Å². The molecule has 4 aromatic rings. The Morgan fingerprint density at radius 1 is 1.21 bits per heavy atom. The molecule has 142 valence electrons. The molecule has 0 bridgehead atoms. The topological polar surface area (TPSA) is 70.2 Å². The quantitative estimate of drug-likeness (QED) is 0.545. The van der Waals surface area contributed by atoms with Gasteiger partial charge >= 0.3 is 0 Å². The van der Waals surface area contributed by atoms with Crippen LogP contribution in [-0.4, -0.2) is 47.1 Å². The fourth-order valence-electron chi connectivity index (χ4n) is 3.58. The third kappa shape index (κ3) is 3.12. The van der Waals surface area contributed by atoms with Crippen LogP contribution in [0, 0.1) is 6.92 Å². The average molecular weight is 392 g/mol. The highest BCUT2D eigenvalue weighted by molar-refractivity contribution is 7.21. The van der Waals surface area contributed by atoms with E-state index >= 15 is 0 Å². The molecule has 1 aromatic carbocycles.